The van der Waals surface area contributed by atoms with Gasteiger partial charge in [0.05, 0.1) is 24.2 Å². The number of hydrogen-bond acceptors (Lipinski definition) is 7. The van der Waals surface area contributed by atoms with Gasteiger partial charge < -0.3 is 19.7 Å². The van der Waals surface area contributed by atoms with Gasteiger partial charge in [0.2, 0.25) is 0 Å². The number of ether oxygens (including phenoxy) is 2. The average molecular weight is 470 g/mol. The number of carbonyl (C=O) groups excluding carboxylic acids is 2. The Kier molecular flexibility index (Phi) is 6.85. The van der Waals surface area contributed by atoms with Crippen molar-refractivity contribution in [1.82, 2.24) is 5.32 Å². The molecule has 0 spiro atoms. The average Bonchev–Trinajstić information content (AvgIpc) is 3.10. The first-order chi connectivity index (χ1) is 14.5. The Hall–Kier alpha value is -2.27. The van der Waals surface area contributed by atoms with E-state index in [0.29, 0.717) is 17.5 Å². The maximum Gasteiger partial charge on any atom is 0.408 e. The largest absolute Gasteiger partial charge is 0.494 e. The molecule has 2 heterocycles. The van der Waals surface area contributed by atoms with Crippen molar-refractivity contribution in [2.24, 2.45) is 4.99 Å². The number of rotatable bonds is 5. The highest BCUT2D eigenvalue weighted by Crippen LogP contribution is 2.41. The Morgan fingerprint density at radius 1 is 1.23 bits per heavy atom. The van der Waals surface area contributed by atoms with E-state index in [4.69, 9.17) is 9.47 Å². The van der Waals surface area contributed by atoms with Crippen molar-refractivity contribution in [2.75, 3.05) is 29.6 Å². The molecule has 31 heavy (non-hydrogen) atoms. The highest BCUT2D eigenvalue weighted by Gasteiger charge is 2.49. The van der Waals surface area contributed by atoms with E-state index in [2.05, 4.69) is 10.3 Å². The molecule has 2 unspecified atom stereocenters. The highest BCUT2D eigenvalue weighted by atomic mass is 32.2. The molecular formula is C20H27N3O6S2. The van der Waals surface area contributed by atoms with Crippen LogP contribution in [0.3, 0.4) is 0 Å². The summed E-state index contributed by atoms with van der Waals surface area (Å²) in [7, 11) is -3.15. The van der Waals surface area contributed by atoms with Crippen LogP contribution < -0.4 is 15.0 Å². The summed E-state index contributed by atoms with van der Waals surface area (Å²) < 4.78 is 34.9. The van der Waals surface area contributed by atoms with Crippen LogP contribution in [-0.2, 0) is 19.4 Å². The number of amides is 2. The molecule has 1 aromatic carbocycles. The molecule has 0 radical (unpaired) electrons. The van der Waals surface area contributed by atoms with Crippen LogP contribution in [0, 0.1) is 0 Å². The number of sulfone groups is 1. The molecule has 9 nitrogen and oxygen atoms in total. The van der Waals surface area contributed by atoms with Crippen molar-refractivity contribution < 1.29 is 27.5 Å². The summed E-state index contributed by atoms with van der Waals surface area (Å²) in [6.07, 6.45) is -0.702. The van der Waals surface area contributed by atoms with Gasteiger partial charge >= 0.3 is 6.09 Å². The van der Waals surface area contributed by atoms with Crippen LogP contribution in [0.25, 0.3) is 0 Å². The zero-order chi connectivity index (χ0) is 22.8. The van der Waals surface area contributed by atoms with Crippen molar-refractivity contribution in [2.45, 2.75) is 44.6 Å². The maximum absolute atomic E-state index is 12.4. The lowest BCUT2D eigenvalue weighted by molar-refractivity contribution is -0.117. The van der Waals surface area contributed by atoms with E-state index in [1.165, 1.54) is 11.8 Å². The number of nitrogens with one attached hydrogen (secondary N) is 1. The number of alkyl carbamates (subject to hydrolysis) is 1. The van der Waals surface area contributed by atoms with Gasteiger partial charge in [-0.3, -0.25) is 4.79 Å². The third kappa shape index (κ3) is 6.13. The topological polar surface area (TPSA) is 114 Å². The first kappa shape index (κ1) is 23.4. The summed E-state index contributed by atoms with van der Waals surface area (Å²) in [5, 5.41) is 2.61. The van der Waals surface area contributed by atoms with E-state index in [1.807, 2.05) is 19.1 Å². The number of benzene rings is 1. The molecule has 0 aliphatic carbocycles. The second-order valence-electron chi connectivity index (χ2n) is 8.24. The second-order valence-corrected chi connectivity index (χ2v) is 11.6. The quantitative estimate of drug-likeness (QED) is 0.698. The number of nitrogens with zero attached hydrogens (tertiary/aromatic N) is 2. The third-order valence-corrected chi connectivity index (χ3v) is 7.71. The Morgan fingerprint density at radius 2 is 1.90 bits per heavy atom. The molecule has 0 aromatic heterocycles. The van der Waals surface area contributed by atoms with Gasteiger partial charge in [-0.05, 0) is 52.0 Å². The number of fused-ring (bicyclic) bond motifs is 1. The van der Waals surface area contributed by atoms with Gasteiger partial charge in [0, 0.05) is 10.9 Å². The monoisotopic (exact) mass is 469 g/mol. The Bertz CT molecular complexity index is 970. The van der Waals surface area contributed by atoms with E-state index in [9.17, 15) is 18.0 Å². The molecule has 2 amide bonds. The summed E-state index contributed by atoms with van der Waals surface area (Å²) in [4.78, 5) is 30.1. The van der Waals surface area contributed by atoms with Crippen LogP contribution in [0.15, 0.2) is 29.3 Å². The molecule has 2 fully saturated rings. The SMILES string of the molecule is CCOc1ccc(N2C(=NC(=O)CNC(=O)OC(C)(C)C)SC3CS(=O)(=O)CC32)cc1. The van der Waals surface area contributed by atoms with Crippen LogP contribution >= 0.6 is 11.8 Å². The Morgan fingerprint density at radius 3 is 2.52 bits per heavy atom. The predicted octanol–water partition coefficient (Wildman–Crippen LogP) is 2.21. The Balaban J connectivity index is 1.77. The fraction of sp³-hybridized carbons (Fsp3) is 0.550. The normalized spacial score (nSPS) is 23.5. The third-order valence-electron chi connectivity index (χ3n) is 4.50. The molecule has 1 aromatic rings. The molecule has 0 saturated carbocycles. The number of carbonyl (C=O) groups is 2. The number of anilines is 1. The van der Waals surface area contributed by atoms with E-state index in [1.54, 1.807) is 37.8 Å². The molecule has 2 saturated heterocycles. The molecule has 1 N–H and O–H groups in total. The van der Waals surface area contributed by atoms with E-state index < -0.39 is 27.4 Å². The van der Waals surface area contributed by atoms with Gasteiger partial charge in [-0.2, -0.15) is 4.99 Å². The van der Waals surface area contributed by atoms with Crippen LogP contribution in [0.2, 0.25) is 0 Å². The van der Waals surface area contributed by atoms with Gasteiger partial charge in [-0.25, -0.2) is 13.2 Å². The van der Waals surface area contributed by atoms with Crippen molar-refractivity contribution in [1.29, 1.82) is 0 Å². The van der Waals surface area contributed by atoms with Gasteiger partial charge in [0.1, 0.15) is 17.9 Å². The standard InChI is InChI=1S/C20H27N3O6S2/c1-5-28-14-8-6-13(7-9-14)23-15-11-31(26,27)12-16(15)30-18(23)22-17(24)10-21-19(25)29-20(2,3)4/h6-9,15-16H,5,10-12H2,1-4H3,(H,21,25). The van der Waals surface area contributed by atoms with Crippen LogP contribution in [-0.4, -0.2) is 67.1 Å². The lowest BCUT2D eigenvalue weighted by atomic mass is 10.2. The second kappa shape index (κ2) is 9.07. The van der Waals surface area contributed by atoms with E-state index in [0.717, 1.165) is 5.69 Å². The van der Waals surface area contributed by atoms with Crippen molar-refractivity contribution in [3.8, 4) is 5.75 Å². The summed E-state index contributed by atoms with van der Waals surface area (Å²) >= 11 is 1.27. The highest BCUT2D eigenvalue weighted by molar-refractivity contribution is 8.16. The lowest BCUT2D eigenvalue weighted by Crippen LogP contribution is -2.38. The van der Waals surface area contributed by atoms with Gasteiger partial charge in [-0.1, -0.05) is 11.8 Å². The minimum Gasteiger partial charge on any atom is -0.494 e. The summed E-state index contributed by atoms with van der Waals surface area (Å²) in [5.74, 6) is 0.192. The summed E-state index contributed by atoms with van der Waals surface area (Å²) in [6.45, 7) is 7.29. The van der Waals surface area contributed by atoms with Crippen LogP contribution in [0.4, 0.5) is 10.5 Å². The molecule has 11 heteroatoms. The first-order valence-corrected chi connectivity index (χ1v) is 12.6. The molecule has 2 aliphatic rings. The van der Waals surface area contributed by atoms with Gasteiger partial charge in [0.15, 0.2) is 15.0 Å². The van der Waals surface area contributed by atoms with Crippen molar-refractivity contribution >= 4 is 44.5 Å². The minimum absolute atomic E-state index is 0.00124. The van der Waals surface area contributed by atoms with Gasteiger partial charge in [-0.15, -0.1) is 0 Å². The lowest BCUT2D eigenvalue weighted by Gasteiger charge is -2.24. The number of hydrogen-bond donors (Lipinski definition) is 1. The fourth-order valence-electron chi connectivity index (χ4n) is 3.34. The van der Waals surface area contributed by atoms with E-state index >= 15 is 0 Å². The van der Waals surface area contributed by atoms with Gasteiger partial charge in [0.25, 0.3) is 5.91 Å². The molecule has 3 rings (SSSR count). The molecule has 170 valence electrons. The summed E-state index contributed by atoms with van der Waals surface area (Å²) in [5.41, 5.74) is 0.0560. The smallest absolute Gasteiger partial charge is 0.408 e. The first-order valence-electron chi connectivity index (χ1n) is 9.95. The summed E-state index contributed by atoms with van der Waals surface area (Å²) in [6, 6.07) is 6.92. The predicted molar refractivity (Wildman–Crippen MR) is 121 cm³/mol. The van der Waals surface area contributed by atoms with Crippen LogP contribution in [0.1, 0.15) is 27.7 Å². The molecule has 0 bridgehead atoms. The van der Waals surface area contributed by atoms with Crippen LogP contribution in [0.5, 0.6) is 5.75 Å². The molecule has 2 aliphatic heterocycles. The zero-order valence-electron chi connectivity index (χ0n) is 18.0. The Labute approximate surface area is 186 Å². The van der Waals surface area contributed by atoms with Crippen molar-refractivity contribution in [3.05, 3.63) is 24.3 Å². The molecular weight excluding hydrogens is 442 g/mol. The fourth-order valence-corrected chi connectivity index (χ4v) is 7.28. The number of thioether (sulfide) groups is 1. The number of amidine groups is 1. The van der Waals surface area contributed by atoms with E-state index in [-0.39, 0.29) is 29.3 Å². The molecule has 2 atom stereocenters. The van der Waals surface area contributed by atoms with Crippen molar-refractivity contribution in [3.63, 3.8) is 0 Å². The number of aliphatic imine (C=N–C) groups is 1. The maximum atomic E-state index is 12.4. The zero-order valence-corrected chi connectivity index (χ0v) is 19.6. The minimum atomic E-state index is -3.15.